The van der Waals surface area contributed by atoms with Gasteiger partial charge in [-0.05, 0) is 67.3 Å². The predicted molar refractivity (Wildman–Crippen MR) is 171 cm³/mol. The largest absolute Gasteiger partial charge is 0.454 e. The van der Waals surface area contributed by atoms with Crippen molar-refractivity contribution in [3.63, 3.8) is 0 Å². The quantitative estimate of drug-likeness (QED) is 0.0859. The van der Waals surface area contributed by atoms with E-state index in [2.05, 4.69) is 31.9 Å². The van der Waals surface area contributed by atoms with Crippen LogP contribution in [0.5, 0.6) is 0 Å². The van der Waals surface area contributed by atoms with E-state index in [1.165, 1.54) is 4.90 Å². The van der Waals surface area contributed by atoms with Crippen LogP contribution in [-0.2, 0) is 20.7 Å². The van der Waals surface area contributed by atoms with Crippen molar-refractivity contribution < 1.29 is 23.9 Å². The fourth-order valence-corrected chi connectivity index (χ4v) is 6.48. The number of amides is 2. The molecule has 2 amide bonds. The second-order valence-electron chi connectivity index (χ2n) is 10.6. The van der Waals surface area contributed by atoms with Gasteiger partial charge in [0, 0.05) is 25.5 Å². The normalized spacial score (nSPS) is 17.8. The Bertz CT molecular complexity index is 1790. The summed E-state index contributed by atoms with van der Waals surface area (Å²) in [6.45, 7) is 1.61. The first-order chi connectivity index (χ1) is 20.7. The molecule has 1 aromatic heterocycles. The third-order valence-corrected chi connectivity index (χ3v) is 8.97. The highest BCUT2D eigenvalue weighted by Gasteiger charge is 2.47. The molecule has 7 nitrogen and oxygen atoms in total. The van der Waals surface area contributed by atoms with Gasteiger partial charge in [0.15, 0.2) is 12.4 Å². The monoisotopic (exact) mass is 700 g/mol. The Morgan fingerprint density at radius 1 is 0.884 bits per heavy atom. The second-order valence-corrected chi connectivity index (χ2v) is 12.4. The number of carbonyl (C=O) groups excluding carboxylic acids is 4. The van der Waals surface area contributed by atoms with Crippen LogP contribution in [0.4, 0.5) is 5.69 Å². The minimum atomic E-state index is -0.639. The zero-order valence-electron chi connectivity index (χ0n) is 23.2. The van der Waals surface area contributed by atoms with E-state index in [1.807, 2.05) is 31.2 Å². The maximum atomic E-state index is 13.5. The average Bonchev–Trinajstić information content (AvgIpc) is 3.28. The summed E-state index contributed by atoms with van der Waals surface area (Å²) in [4.78, 5) is 58.5. The second kappa shape index (κ2) is 12.0. The fourth-order valence-electron chi connectivity index (χ4n) is 5.71. The molecule has 2 atom stereocenters. The lowest BCUT2D eigenvalue weighted by atomic mass is 9.85. The molecule has 4 aromatic rings. The molecule has 0 bridgehead atoms. The summed E-state index contributed by atoms with van der Waals surface area (Å²) in [5.74, 6) is -1.91. The first-order valence-corrected chi connectivity index (χ1v) is 15.6. The van der Waals surface area contributed by atoms with E-state index in [-0.39, 0.29) is 35.0 Å². The van der Waals surface area contributed by atoms with E-state index in [0.717, 1.165) is 14.5 Å². The van der Waals surface area contributed by atoms with Gasteiger partial charge in [-0.15, -0.1) is 0 Å². The van der Waals surface area contributed by atoms with Crippen LogP contribution < -0.4 is 4.90 Å². The molecule has 1 aliphatic carbocycles. The summed E-state index contributed by atoms with van der Waals surface area (Å²) >= 11 is 6.89. The number of nitrogens with zero attached hydrogens (tertiary/aromatic N) is 2. The maximum absolute atomic E-state index is 13.5. The van der Waals surface area contributed by atoms with E-state index in [1.54, 1.807) is 54.6 Å². The van der Waals surface area contributed by atoms with Crippen molar-refractivity contribution in [3.8, 4) is 11.3 Å². The molecule has 1 aliphatic heterocycles. The van der Waals surface area contributed by atoms with Crippen molar-refractivity contribution in [2.75, 3.05) is 11.5 Å². The molecule has 9 heteroatoms. The van der Waals surface area contributed by atoms with Crippen LogP contribution in [0.1, 0.15) is 46.0 Å². The molecule has 0 N–H and O–H groups in total. The van der Waals surface area contributed by atoms with Gasteiger partial charge in [-0.1, -0.05) is 75.2 Å². The third kappa shape index (κ3) is 5.59. The lowest BCUT2D eigenvalue weighted by Crippen LogP contribution is -2.30. The molecule has 1 saturated heterocycles. The van der Waals surface area contributed by atoms with Crippen molar-refractivity contribution in [1.29, 1.82) is 0 Å². The highest BCUT2D eigenvalue weighted by Crippen LogP contribution is 2.38. The number of Topliss-reactive ketones (excluding diaryl/α,β-unsaturated/α-hetero) is 1. The van der Waals surface area contributed by atoms with Crippen LogP contribution in [0.15, 0.2) is 87.8 Å². The van der Waals surface area contributed by atoms with E-state index in [9.17, 15) is 19.2 Å². The van der Waals surface area contributed by atoms with Crippen LogP contribution in [0.2, 0.25) is 0 Å². The standard InChI is InChI=1S/C34H26Br2N2O5/c1-2-19-15-23(36)16-27-28(34(42)43-18-30(39)21-7-11-22(35)12-8-21)17-29(37-31(19)27)20-9-13-24(14-10-20)38-32(40)25-5-3-4-6-26(25)33(38)41/h3-4,7-17,25-26H,2,5-6,18H2,1H3. The van der Waals surface area contributed by atoms with Gasteiger partial charge in [0.25, 0.3) is 0 Å². The summed E-state index contributed by atoms with van der Waals surface area (Å²) in [5, 5.41) is 0.608. The number of fused-ring (bicyclic) bond motifs is 2. The molecule has 1 fully saturated rings. The number of ketones is 1. The van der Waals surface area contributed by atoms with E-state index in [4.69, 9.17) is 9.72 Å². The van der Waals surface area contributed by atoms with Crippen LogP contribution in [-0.4, -0.2) is 35.2 Å². The average molecular weight is 702 g/mol. The first kappa shape index (κ1) is 29.1. The van der Waals surface area contributed by atoms with Crippen molar-refractivity contribution in [3.05, 3.63) is 105 Å². The number of rotatable bonds is 7. The summed E-state index contributed by atoms with van der Waals surface area (Å²) < 4.78 is 7.15. The number of imide groups is 1. The van der Waals surface area contributed by atoms with E-state index in [0.29, 0.717) is 52.7 Å². The Balaban J connectivity index is 1.32. The van der Waals surface area contributed by atoms with Gasteiger partial charge in [-0.2, -0.15) is 0 Å². The Hall–Kier alpha value is -3.95. The minimum Gasteiger partial charge on any atom is -0.454 e. The molecule has 43 heavy (non-hydrogen) atoms. The molecule has 3 aromatic carbocycles. The summed E-state index contributed by atoms with van der Waals surface area (Å²) in [5.41, 5.74) is 4.06. The number of anilines is 1. The van der Waals surface area contributed by atoms with Gasteiger partial charge in [0.05, 0.1) is 34.3 Å². The summed E-state index contributed by atoms with van der Waals surface area (Å²) in [6.07, 6.45) is 5.76. The molecule has 2 aliphatic rings. The van der Waals surface area contributed by atoms with Crippen molar-refractivity contribution in [2.24, 2.45) is 11.8 Å². The predicted octanol–water partition coefficient (Wildman–Crippen LogP) is 7.48. The number of pyridine rings is 1. The lowest BCUT2D eigenvalue weighted by molar-refractivity contribution is -0.122. The lowest BCUT2D eigenvalue weighted by Gasteiger charge is -2.16. The van der Waals surface area contributed by atoms with Gasteiger partial charge < -0.3 is 4.74 Å². The number of aromatic nitrogens is 1. The van der Waals surface area contributed by atoms with Crippen LogP contribution in [0.25, 0.3) is 22.2 Å². The van der Waals surface area contributed by atoms with E-state index < -0.39 is 12.6 Å². The molecule has 2 heterocycles. The minimum absolute atomic E-state index is 0.170. The van der Waals surface area contributed by atoms with Gasteiger partial charge in [-0.25, -0.2) is 9.78 Å². The maximum Gasteiger partial charge on any atom is 0.339 e. The van der Waals surface area contributed by atoms with Gasteiger partial charge in [0.2, 0.25) is 11.8 Å². The van der Waals surface area contributed by atoms with Crippen molar-refractivity contribution in [2.45, 2.75) is 26.2 Å². The molecule has 0 radical (unpaired) electrons. The molecule has 2 unspecified atom stereocenters. The number of halogens is 2. The number of allylic oxidation sites excluding steroid dienone is 2. The van der Waals surface area contributed by atoms with Gasteiger partial charge in [-0.3, -0.25) is 19.3 Å². The van der Waals surface area contributed by atoms with Crippen molar-refractivity contribution >= 4 is 72.0 Å². The third-order valence-electron chi connectivity index (χ3n) is 7.99. The SMILES string of the molecule is CCc1cc(Br)cc2c(C(=O)OCC(=O)c3ccc(Br)cc3)cc(-c3ccc(N4C(=O)C5CC=CCC5C4=O)cc3)nc12. The van der Waals surface area contributed by atoms with Crippen LogP contribution in [0, 0.1) is 11.8 Å². The van der Waals surface area contributed by atoms with Crippen LogP contribution in [0.3, 0.4) is 0 Å². The zero-order valence-corrected chi connectivity index (χ0v) is 26.4. The summed E-state index contributed by atoms with van der Waals surface area (Å²) in [7, 11) is 0. The molecule has 6 rings (SSSR count). The van der Waals surface area contributed by atoms with E-state index >= 15 is 0 Å². The fraction of sp³-hybridized carbons (Fsp3) is 0.206. The Kier molecular flexibility index (Phi) is 8.11. The molecule has 0 saturated carbocycles. The van der Waals surface area contributed by atoms with Crippen LogP contribution >= 0.6 is 31.9 Å². The number of aryl methyl sites for hydroxylation is 1. The number of benzene rings is 3. The molecule has 216 valence electrons. The first-order valence-electron chi connectivity index (χ1n) is 14.0. The molecular formula is C34H26Br2N2O5. The number of esters is 1. The highest BCUT2D eigenvalue weighted by molar-refractivity contribution is 9.10. The number of carbonyl (C=O) groups is 4. The number of ether oxygens (including phenoxy) is 1. The topological polar surface area (TPSA) is 93.6 Å². The van der Waals surface area contributed by atoms with Gasteiger partial charge in [0.1, 0.15) is 0 Å². The van der Waals surface area contributed by atoms with Crippen molar-refractivity contribution in [1.82, 2.24) is 4.98 Å². The smallest absolute Gasteiger partial charge is 0.339 e. The number of hydrogen-bond acceptors (Lipinski definition) is 6. The Morgan fingerprint density at radius 2 is 1.53 bits per heavy atom. The summed E-state index contributed by atoms with van der Waals surface area (Å²) in [6, 6.07) is 19.3. The van der Waals surface area contributed by atoms with Gasteiger partial charge >= 0.3 is 5.97 Å². The zero-order chi connectivity index (χ0) is 30.2. The Labute approximate surface area is 265 Å². The molecular weight excluding hydrogens is 676 g/mol. The molecule has 0 spiro atoms. The highest BCUT2D eigenvalue weighted by atomic mass is 79.9. The Morgan fingerprint density at radius 3 is 2.16 bits per heavy atom. The number of hydrogen-bond donors (Lipinski definition) is 0.